The van der Waals surface area contributed by atoms with Gasteiger partial charge in [-0.15, -0.1) is 0 Å². The fraction of sp³-hybridized carbons (Fsp3) is 0.647. The summed E-state index contributed by atoms with van der Waals surface area (Å²) in [6.45, 7) is 4.38. The van der Waals surface area contributed by atoms with E-state index in [0.29, 0.717) is 6.04 Å². The van der Waals surface area contributed by atoms with Gasteiger partial charge in [-0.05, 0) is 36.5 Å². The highest BCUT2D eigenvalue weighted by molar-refractivity contribution is 6.35. The highest BCUT2D eigenvalue weighted by atomic mass is 35.5. The Labute approximate surface area is 137 Å². The molecule has 1 aromatic rings. The number of piperazine rings is 1. The van der Waals surface area contributed by atoms with E-state index >= 15 is 0 Å². The van der Waals surface area contributed by atoms with E-state index in [1.54, 1.807) is 0 Å². The number of halogens is 2. The number of nitrogens with zero attached hydrogens (tertiary/aromatic N) is 1. The van der Waals surface area contributed by atoms with Crippen LogP contribution < -0.4 is 5.32 Å². The molecule has 3 rings (SSSR count). The van der Waals surface area contributed by atoms with Crippen molar-refractivity contribution in [1.82, 2.24) is 10.2 Å². The topological polar surface area (TPSA) is 15.3 Å². The van der Waals surface area contributed by atoms with Crippen LogP contribution in [-0.4, -0.2) is 31.1 Å². The van der Waals surface area contributed by atoms with Gasteiger partial charge in [0.05, 0.1) is 0 Å². The van der Waals surface area contributed by atoms with Crippen LogP contribution in [0.15, 0.2) is 18.2 Å². The minimum atomic E-state index is 0.456. The standard InChI is InChI=1S/C17H24Cl2N2/c18-14-6-7-15(16(19)12-14)17(13-4-2-1-3-5-13)21-10-8-20-9-11-21/h6-7,12-13,17,20H,1-5,8-11H2/t17-/m1/s1. The molecule has 0 amide bonds. The molecule has 21 heavy (non-hydrogen) atoms. The van der Waals surface area contributed by atoms with Gasteiger partial charge in [0.1, 0.15) is 0 Å². The zero-order valence-electron chi connectivity index (χ0n) is 12.5. The van der Waals surface area contributed by atoms with E-state index < -0.39 is 0 Å². The quantitative estimate of drug-likeness (QED) is 0.878. The van der Waals surface area contributed by atoms with Crippen LogP contribution in [0.2, 0.25) is 10.0 Å². The molecule has 1 aromatic carbocycles. The summed E-state index contributed by atoms with van der Waals surface area (Å²) in [5.74, 6) is 0.732. The zero-order valence-corrected chi connectivity index (χ0v) is 14.0. The lowest BCUT2D eigenvalue weighted by atomic mass is 9.80. The summed E-state index contributed by atoms with van der Waals surface area (Å²) in [4.78, 5) is 2.63. The van der Waals surface area contributed by atoms with Gasteiger partial charge in [-0.1, -0.05) is 48.5 Å². The lowest BCUT2D eigenvalue weighted by Gasteiger charge is -2.41. The fourth-order valence-electron chi connectivity index (χ4n) is 3.90. The van der Waals surface area contributed by atoms with Crippen LogP contribution in [0.3, 0.4) is 0 Å². The molecule has 2 nitrogen and oxygen atoms in total. The molecule has 1 aliphatic heterocycles. The Bertz CT molecular complexity index is 448. The normalized spacial score (nSPS) is 23.1. The van der Waals surface area contributed by atoms with Crippen LogP contribution in [0.4, 0.5) is 0 Å². The summed E-state index contributed by atoms with van der Waals surface area (Å²) in [7, 11) is 0. The summed E-state index contributed by atoms with van der Waals surface area (Å²) < 4.78 is 0. The van der Waals surface area contributed by atoms with Crippen molar-refractivity contribution in [3.63, 3.8) is 0 Å². The molecule has 1 N–H and O–H groups in total. The average Bonchev–Trinajstić information content (AvgIpc) is 2.52. The van der Waals surface area contributed by atoms with Crippen molar-refractivity contribution < 1.29 is 0 Å². The molecule has 116 valence electrons. The first-order valence-electron chi connectivity index (χ1n) is 8.15. The van der Waals surface area contributed by atoms with Gasteiger partial charge < -0.3 is 5.32 Å². The third kappa shape index (κ3) is 3.73. The van der Waals surface area contributed by atoms with Crippen molar-refractivity contribution in [2.75, 3.05) is 26.2 Å². The summed E-state index contributed by atoms with van der Waals surface area (Å²) >= 11 is 12.6. The molecule has 2 aliphatic rings. The molecule has 1 aliphatic carbocycles. The first-order valence-corrected chi connectivity index (χ1v) is 8.91. The zero-order chi connectivity index (χ0) is 14.7. The summed E-state index contributed by atoms with van der Waals surface area (Å²) in [6.07, 6.45) is 6.76. The molecule has 1 saturated heterocycles. The lowest BCUT2D eigenvalue weighted by molar-refractivity contribution is 0.103. The molecular formula is C17H24Cl2N2. The van der Waals surface area contributed by atoms with Gasteiger partial charge in [0.25, 0.3) is 0 Å². The summed E-state index contributed by atoms with van der Waals surface area (Å²) in [5.41, 5.74) is 1.27. The van der Waals surface area contributed by atoms with E-state index in [0.717, 1.165) is 42.1 Å². The minimum Gasteiger partial charge on any atom is -0.314 e. The number of nitrogens with one attached hydrogen (secondary N) is 1. The molecule has 0 radical (unpaired) electrons. The van der Waals surface area contributed by atoms with Crippen molar-refractivity contribution in [1.29, 1.82) is 0 Å². The minimum absolute atomic E-state index is 0.456. The first-order chi connectivity index (χ1) is 10.3. The van der Waals surface area contributed by atoms with E-state index in [-0.39, 0.29) is 0 Å². The van der Waals surface area contributed by atoms with Crippen molar-refractivity contribution in [2.45, 2.75) is 38.1 Å². The molecular weight excluding hydrogens is 303 g/mol. The first kappa shape index (κ1) is 15.6. The van der Waals surface area contributed by atoms with Gasteiger partial charge in [-0.3, -0.25) is 4.90 Å². The Hall–Kier alpha value is -0.280. The van der Waals surface area contributed by atoms with Gasteiger partial charge in [0.2, 0.25) is 0 Å². The van der Waals surface area contributed by atoms with Gasteiger partial charge in [0, 0.05) is 42.3 Å². The predicted octanol–water partition coefficient (Wildman–Crippen LogP) is 4.52. The van der Waals surface area contributed by atoms with E-state index in [4.69, 9.17) is 23.2 Å². The molecule has 1 heterocycles. The average molecular weight is 327 g/mol. The van der Waals surface area contributed by atoms with Crippen LogP contribution in [0.5, 0.6) is 0 Å². The summed E-state index contributed by atoms with van der Waals surface area (Å²) in [5, 5.41) is 5.01. The molecule has 0 unspecified atom stereocenters. The fourth-order valence-corrected chi connectivity index (χ4v) is 4.42. The highest BCUT2D eigenvalue weighted by Crippen LogP contribution is 2.41. The van der Waals surface area contributed by atoms with Crippen molar-refractivity contribution in [3.8, 4) is 0 Å². The Morgan fingerprint density at radius 2 is 1.76 bits per heavy atom. The largest absolute Gasteiger partial charge is 0.314 e. The van der Waals surface area contributed by atoms with Crippen LogP contribution in [-0.2, 0) is 0 Å². The maximum absolute atomic E-state index is 6.54. The van der Waals surface area contributed by atoms with Crippen molar-refractivity contribution in [2.24, 2.45) is 5.92 Å². The van der Waals surface area contributed by atoms with Gasteiger partial charge >= 0.3 is 0 Å². The van der Waals surface area contributed by atoms with Crippen LogP contribution in [0.1, 0.15) is 43.7 Å². The van der Waals surface area contributed by atoms with Crippen molar-refractivity contribution >= 4 is 23.2 Å². The van der Waals surface area contributed by atoms with Crippen molar-refractivity contribution in [3.05, 3.63) is 33.8 Å². The Morgan fingerprint density at radius 1 is 1.05 bits per heavy atom. The second-order valence-corrected chi connectivity index (χ2v) is 7.14. The SMILES string of the molecule is Clc1ccc([C@@H](C2CCCCC2)N2CCNCC2)c(Cl)c1. The Balaban J connectivity index is 1.89. The molecule has 1 atom stereocenters. The van der Waals surface area contributed by atoms with Gasteiger partial charge in [-0.25, -0.2) is 0 Å². The van der Waals surface area contributed by atoms with Gasteiger partial charge in [0.15, 0.2) is 0 Å². The van der Waals surface area contributed by atoms with Crippen LogP contribution in [0, 0.1) is 5.92 Å². The smallest absolute Gasteiger partial charge is 0.0468 e. The monoisotopic (exact) mass is 326 g/mol. The molecule has 0 spiro atoms. The maximum Gasteiger partial charge on any atom is 0.0468 e. The third-order valence-corrected chi connectivity index (χ3v) is 5.48. The van der Waals surface area contributed by atoms with Crippen LogP contribution >= 0.6 is 23.2 Å². The van der Waals surface area contributed by atoms with E-state index in [9.17, 15) is 0 Å². The summed E-state index contributed by atoms with van der Waals surface area (Å²) in [6, 6.07) is 6.49. The maximum atomic E-state index is 6.54. The van der Waals surface area contributed by atoms with E-state index in [1.165, 1.54) is 37.7 Å². The molecule has 4 heteroatoms. The number of hydrogen-bond acceptors (Lipinski definition) is 2. The van der Waals surface area contributed by atoms with E-state index in [1.807, 2.05) is 12.1 Å². The molecule has 2 fully saturated rings. The third-order valence-electron chi connectivity index (χ3n) is 4.92. The van der Waals surface area contributed by atoms with E-state index in [2.05, 4.69) is 16.3 Å². The Kier molecular flexibility index (Phi) is 5.44. The predicted molar refractivity (Wildman–Crippen MR) is 90.2 cm³/mol. The molecule has 0 aromatic heterocycles. The second-order valence-electron chi connectivity index (χ2n) is 6.29. The lowest BCUT2D eigenvalue weighted by Crippen LogP contribution is -2.47. The second kappa shape index (κ2) is 7.32. The molecule has 1 saturated carbocycles. The molecule has 0 bridgehead atoms. The number of rotatable bonds is 3. The van der Waals surface area contributed by atoms with Gasteiger partial charge in [-0.2, -0.15) is 0 Å². The number of benzene rings is 1. The number of hydrogen-bond donors (Lipinski definition) is 1. The van der Waals surface area contributed by atoms with Crippen LogP contribution in [0.25, 0.3) is 0 Å². The highest BCUT2D eigenvalue weighted by Gasteiger charge is 2.32. The Morgan fingerprint density at radius 3 is 2.43 bits per heavy atom.